The van der Waals surface area contributed by atoms with Gasteiger partial charge < -0.3 is 33.8 Å². The van der Waals surface area contributed by atoms with Gasteiger partial charge in [-0.15, -0.1) is 0 Å². The molecule has 17 nitrogen and oxygen atoms in total. The quantitative estimate of drug-likeness (QED) is 0.0222. The van der Waals surface area contributed by atoms with Gasteiger partial charge in [0.05, 0.1) is 26.4 Å². The molecule has 0 fully saturated rings. The van der Waals surface area contributed by atoms with E-state index in [4.69, 9.17) is 37.0 Å². The average molecular weight is 1520 g/mol. The molecule has 0 saturated heterocycles. The molecule has 104 heavy (non-hydrogen) atoms. The van der Waals surface area contributed by atoms with Crippen molar-refractivity contribution < 1.29 is 80.2 Å². The number of phosphoric ester groups is 2. The van der Waals surface area contributed by atoms with Crippen LogP contribution in [0.5, 0.6) is 0 Å². The molecule has 19 heteroatoms. The van der Waals surface area contributed by atoms with Gasteiger partial charge in [0.15, 0.2) is 12.2 Å². The SMILES string of the molecule is CCCCCCCCCCCCCCCCCCC(=O)O[C@H](COC(=O)CCCCCCCCCCC)COP(=O)(O)OC[C@H](O)COP(=O)(O)OC[C@@H](COC(=O)CCCCCCCCCCCCCCCCC(C)CC)OC(=O)CCCCCCCCCCCCCCCCCCCCC(C)C. The molecule has 618 valence electrons. The topological polar surface area (TPSA) is 237 Å². The van der Waals surface area contributed by atoms with E-state index >= 15 is 0 Å². The van der Waals surface area contributed by atoms with E-state index in [1.165, 1.54) is 270 Å². The Morgan fingerprint density at radius 1 is 0.279 bits per heavy atom. The molecule has 3 unspecified atom stereocenters. The standard InChI is InChI=1S/C85H166O17P2/c1-7-10-12-14-16-18-19-20-21-27-34-39-45-51-57-63-69-84(89)101-80(73-95-82(87)67-61-55-49-41-17-15-13-11-8-2)75-99-103(91,92)97-71-79(86)72-98-104(93,94)100-76-81(74-96-83(88)68-62-56-50-44-38-33-30-29-32-37-43-48-54-60-66-78(6)9-3)102-85(90)70-64-58-52-46-40-35-28-25-23-22-24-26-31-36-42-47-53-59-65-77(4)5/h77-81,86H,7-76H2,1-6H3,(H,91,92)(H,93,94)/t78?,79-,80+,81+/m0/s1. The third kappa shape index (κ3) is 76.8. The van der Waals surface area contributed by atoms with Crippen molar-refractivity contribution in [2.75, 3.05) is 39.6 Å². The molecule has 0 aromatic rings. The van der Waals surface area contributed by atoms with Gasteiger partial charge in [-0.3, -0.25) is 37.3 Å². The lowest BCUT2D eigenvalue weighted by Crippen LogP contribution is -2.30. The predicted octanol–water partition coefficient (Wildman–Crippen LogP) is 25.8. The summed E-state index contributed by atoms with van der Waals surface area (Å²) in [5.41, 5.74) is 0. The molecule has 0 saturated carbocycles. The molecular weight excluding hydrogens is 1350 g/mol. The minimum atomic E-state index is -4.96. The predicted molar refractivity (Wildman–Crippen MR) is 428 cm³/mol. The van der Waals surface area contributed by atoms with Crippen molar-refractivity contribution in [1.29, 1.82) is 0 Å². The van der Waals surface area contributed by atoms with Crippen LogP contribution in [0.2, 0.25) is 0 Å². The van der Waals surface area contributed by atoms with Gasteiger partial charge in [-0.25, -0.2) is 9.13 Å². The third-order valence-electron chi connectivity index (χ3n) is 20.3. The molecule has 0 radical (unpaired) electrons. The van der Waals surface area contributed by atoms with Gasteiger partial charge in [-0.1, -0.05) is 401 Å². The molecule has 0 aliphatic heterocycles. The Labute approximate surface area is 638 Å². The van der Waals surface area contributed by atoms with Crippen LogP contribution in [0.3, 0.4) is 0 Å². The molecular formula is C85H166O17P2. The van der Waals surface area contributed by atoms with Gasteiger partial charge in [0, 0.05) is 25.7 Å². The number of aliphatic hydroxyl groups excluding tert-OH is 1. The van der Waals surface area contributed by atoms with Crippen LogP contribution in [0.4, 0.5) is 0 Å². The number of ether oxygens (including phenoxy) is 4. The Morgan fingerprint density at radius 2 is 0.490 bits per heavy atom. The van der Waals surface area contributed by atoms with Crippen LogP contribution >= 0.6 is 15.6 Å². The number of unbranched alkanes of at least 4 members (excludes halogenated alkanes) is 53. The number of phosphoric acid groups is 2. The summed E-state index contributed by atoms with van der Waals surface area (Å²) in [6.45, 7) is 9.74. The molecule has 3 N–H and O–H groups in total. The summed E-state index contributed by atoms with van der Waals surface area (Å²) in [6.07, 6.45) is 68.0. The second-order valence-corrected chi connectivity index (χ2v) is 34.2. The number of carbonyl (C=O) groups is 4. The molecule has 0 heterocycles. The largest absolute Gasteiger partial charge is 0.472 e. The van der Waals surface area contributed by atoms with Gasteiger partial charge in [-0.2, -0.15) is 0 Å². The highest BCUT2D eigenvalue weighted by Crippen LogP contribution is 2.45. The highest BCUT2D eigenvalue weighted by Gasteiger charge is 2.30. The van der Waals surface area contributed by atoms with Gasteiger partial charge in [0.25, 0.3) is 0 Å². The number of hydrogen-bond acceptors (Lipinski definition) is 15. The molecule has 0 aliphatic rings. The first kappa shape index (κ1) is 102. The fourth-order valence-corrected chi connectivity index (χ4v) is 14.8. The van der Waals surface area contributed by atoms with Crippen LogP contribution in [0, 0.1) is 11.8 Å². The summed E-state index contributed by atoms with van der Waals surface area (Å²) in [5, 5.41) is 10.7. The number of aliphatic hydroxyl groups is 1. The maximum Gasteiger partial charge on any atom is 0.472 e. The minimum absolute atomic E-state index is 0.109. The summed E-state index contributed by atoms with van der Waals surface area (Å²) in [4.78, 5) is 73.1. The zero-order valence-corrected chi connectivity index (χ0v) is 70.1. The van der Waals surface area contributed by atoms with Crippen molar-refractivity contribution in [1.82, 2.24) is 0 Å². The maximum atomic E-state index is 13.1. The van der Waals surface area contributed by atoms with E-state index in [2.05, 4.69) is 41.5 Å². The maximum absolute atomic E-state index is 13.1. The zero-order chi connectivity index (χ0) is 76.4. The van der Waals surface area contributed by atoms with E-state index in [0.717, 1.165) is 102 Å². The highest BCUT2D eigenvalue weighted by molar-refractivity contribution is 7.47. The van der Waals surface area contributed by atoms with Crippen LogP contribution in [0.25, 0.3) is 0 Å². The first-order valence-corrected chi connectivity index (χ1v) is 47.0. The summed E-state index contributed by atoms with van der Waals surface area (Å²) in [6, 6.07) is 0. The normalized spacial score (nSPS) is 14.1. The fourth-order valence-electron chi connectivity index (χ4n) is 13.2. The Hall–Kier alpha value is -1.94. The Morgan fingerprint density at radius 3 is 0.731 bits per heavy atom. The molecule has 0 amide bonds. The molecule has 0 bridgehead atoms. The van der Waals surface area contributed by atoms with E-state index in [1.54, 1.807) is 0 Å². The first-order valence-electron chi connectivity index (χ1n) is 44.0. The van der Waals surface area contributed by atoms with E-state index in [9.17, 15) is 43.2 Å². The van der Waals surface area contributed by atoms with E-state index in [-0.39, 0.29) is 25.7 Å². The van der Waals surface area contributed by atoms with E-state index in [1.807, 2.05) is 0 Å². The second-order valence-electron chi connectivity index (χ2n) is 31.3. The van der Waals surface area contributed by atoms with Crippen molar-refractivity contribution in [2.45, 2.75) is 471 Å². The Kier molecular flexibility index (Phi) is 75.0. The van der Waals surface area contributed by atoms with Crippen LogP contribution in [0.15, 0.2) is 0 Å². The van der Waals surface area contributed by atoms with E-state index in [0.29, 0.717) is 25.7 Å². The van der Waals surface area contributed by atoms with Crippen molar-refractivity contribution in [3.63, 3.8) is 0 Å². The van der Waals surface area contributed by atoms with Crippen molar-refractivity contribution in [2.24, 2.45) is 11.8 Å². The fraction of sp³-hybridized carbons (Fsp3) is 0.953. The highest BCUT2D eigenvalue weighted by atomic mass is 31.2. The Balaban J connectivity index is 5.21. The third-order valence-corrected chi connectivity index (χ3v) is 22.2. The molecule has 0 rings (SSSR count). The molecule has 0 aromatic heterocycles. The zero-order valence-electron chi connectivity index (χ0n) is 68.3. The van der Waals surface area contributed by atoms with Gasteiger partial charge in [0.1, 0.15) is 19.3 Å². The Bertz CT molecular complexity index is 2000. The van der Waals surface area contributed by atoms with Gasteiger partial charge >= 0.3 is 39.5 Å². The average Bonchev–Trinajstić information content (AvgIpc) is 0.903. The van der Waals surface area contributed by atoms with Crippen molar-refractivity contribution in [3.05, 3.63) is 0 Å². The number of carbonyl (C=O) groups excluding carboxylic acids is 4. The number of esters is 4. The lowest BCUT2D eigenvalue weighted by Gasteiger charge is -2.21. The van der Waals surface area contributed by atoms with Crippen molar-refractivity contribution in [3.8, 4) is 0 Å². The smallest absolute Gasteiger partial charge is 0.462 e. The lowest BCUT2D eigenvalue weighted by molar-refractivity contribution is -0.161. The molecule has 6 atom stereocenters. The first-order chi connectivity index (χ1) is 50.4. The minimum Gasteiger partial charge on any atom is -0.462 e. The van der Waals surface area contributed by atoms with Crippen molar-refractivity contribution >= 4 is 39.5 Å². The monoisotopic (exact) mass is 1520 g/mol. The van der Waals surface area contributed by atoms with Crippen LogP contribution in [-0.2, 0) is 65.4 Å². The van der Waals surface area contributed by atoms with Crippen LogP contribution < -0.4 is 0 Å². The lowest BCUT2D eigenvalue weighted by atomic mass is 9.99. The molecule has 0 spiro atoms. The van der Waals surface area contributed by atoms with Gasteiger partial charge in [-0.05, 0) is 37.5 Å². The summed E-state index contributed by atoms with van der Waals surface area (Å²) >= 11 is 0. The van der Waals surface area contributed by atoms with Gasteiger partial charge in [0.2, 0.25) is 0 Å². The van der Waals surface area contributed by atoms with E-state index < -0.39 is 97.5 Å². The summed E-state index contributed by atoms with van der Waals surface area (Å²) in [5.74, 6) is -0.433. The number of rotatable bonds is 84. The summed E-state index contributed by atoms with van der Waals surface area (Å²) < 4.78 is 68.8. The van der Waals surface area contributed by atoms with Crippen LogP contribution in [-0.4, -0.2) is 96.7 Å². The summed E-state index contributed by atoms with van der Waals surface area (Å²) in [7, 11) is -9.92. The molecule has 0 aromatic carbocycles. The molecule has 0 aliphatic carbocycles. The van der Waals surface area contributed by atoms with Crippen LogP contribution in [0.1, 0.15) is 452 Å². The number of hydrogen-bond donors (Lipinski definition) is 3. The second kappa shape index (κ2) is 76.4.